The normalized spacial score (nSPS) is 16.8. The van der Waals surface area contributed by atoms with Crippen molar-refractivity contribution < 1.29 is 9.53 Å². The molecular formula is C19H31IN4O2. The quantitative estimate of drug-likeness (QED) is 0.308. The van der Waals surface area contributed by atoms with Crippen molar-refractivity contribution in [3.05, 3.63) is 35.9 Å². The second-order valence-corrected chi connectivity index (χ2v) is 6.60. The van der Waals surface area contributed by atoms with Gasteiger partial charge in [-0.15, -0.1) is 24.0 Å². The molecule has 2 rings (SSSR count). The predicted molar refractivity (Wildman–Crippen MR) is 116 cm³/mol. The minimum absolute atomic E-state index is 0. The number of likely N-dealkylation sites (tertiary alicyclic amines) is 1. The van der Waals surface area contributed by atoms with Crippen LogP contribution in [-0.4, -0.2) is 69.6 Å². The molecule has 1 aliphatic rings. The molecule has 1 atom stereocenters. The van der Waals surface area contributed by atoms with Crippen LogP contribution in [0.4, 0.5) is 0 Å². The van der Waals surface area contributed by atoms with Gasteiger partial charge >= 0.3 is 5.97 Å². The van der Waals surface area contributed by atoms with Crippen LogP contribution in [-0.2, 0) is 9.53 Å². The molecule has 1 aromatic rings. The number of esters is 1. The largest absolute Gasteiger partial charge is 0.469 e. The van der Waals surface area contributed by atoms with E-state index in [0.717, 1.165) is 38.4 Å². The summed E-state index contributed by atoms with van der Waals surface area (Å²) in [5.74, 6) is 0.809. The van der Waals surface area contributed by atoms with Crippen LogP contribution in [0.1, 0.15) is 24.4 Å². The lowest BCUT2D eigenvalue weighted by Crippen LogP contribution is -2.48. The third-order valence-corrected chi connectivity index (χ3v) is 4.80. The first-order valence-corrected chi connectivity index (χ1v) is 8.81. The first-order valence-electron chi connectivity index (χ1n) is 8.81. The molecule has 1 fully saturated rings. The van der Waals surface area contributed by atoms with Gasteiger partial charge in [0.25, 0.3) is 0 Å². The molecule has 1 saturated heterocycles. The summed E-state index contributed by atoms with van der Waals surface area (Å²) >= 11 is 0. The number of aliphatic imine (C=N–C) groups is 1. The fourth-order valence-corrected chi connectivity index (χ4v) is 3.29. The van der Waals surface area contributed by atoms with E-state index in [1.165, 1.54) is 12.7 Å². The Morgan fingerprint density at radius 3 is 2.42 bits per heavy atom. The topological polar surface area (TPSA) is 57.2 Å². The standard InChI is InChI=1S/C19H30N4O2.HI/c1-20-19(23-12-10-16(11-13-23)18(24)25-4)21-14-17(22(2)3)15-8-6-5-7-9-15;/h5-9,16-17H,10-14H2,1-4H3,(H,20,21);1H. The van der Waals surface area contributed by atoms with Gasteiger partial charge in [0.15, 0.2) is 5.96 Å². The Bertz CT molecular complexity index is 572. The van der Waals surface area contributed by atoms with E-state index in [1.54, 1.807) is 0 Å². The molecule has 146 valence electrons. The molecule has 0 aliphatic carbocycles. The molecule has 0 aromatic heterocycles. The van der Waals surface area contributed by atoms with E-state index in [2.05, 4.69) is 58.5 Å². The zero-order valence-electron chi connectivity index (χ0n) is 16.1. The van der Waals surface area contributed by atoms with Gasteiger partial charge in [0.05, 0.1) is 19.1 Å². The number of nitrogens with one attached hydrogen (secondary N) is 1. The number of likely N-dealkylation sites (N-methyl/N-ethyl adjacent to an activating group) is 1. The van der Waals surface area contributed by atoms with Crippen molar-refractivity contribution >= 4 is 35.9 Å². The van der Waals surface area contributed by atoms with Crippen LogP contribution in [0.3, 0.4) is 0 Å². The molecule has 6 nitrogen and oxygen atoms in total. The number of carbonyl (C=O) groups is 1. The van der Waals surface area contributed by atoms with Crippen molar-refractivity contribution in [3.8, 4) is 0 Å². The van der Waals surface area contributed by atoms with Gasteiger partial charge in [0, 0.05) is 26.7 Å². The van der Waals surface area contributed by atoms with Crippen LogP contribution in [0.5, 0.6) is 0 Å². The maximum absolute atomic E-state index is 11.7. The van der Waals surface area contributed by atoms with Crippen LogP contribution in [0.2, 0.25) is 0 Å². The van der Waals surface area contributed by atoms with E-state index in [4.69, 9.17) is 4.74 Å². The summed E-state index contributed by atoms with van der Waals surface area (Å²) in [6, 6.07) is 10.7. The van der Waals surface area contributed by atoms with E-state index in [9.17, 15) is 4.79 Å². The minimum atomic E-state index is -0.0978. The Kier molecular flexibility index (Phi) is 9.93. The van der Waals surface area contributed by atoms with Gasteiger partial charge in [-0.05, 0) is 32.5 Å². The monoisotopic (exact) mass is 474 g/mol. The molecule has 1 unspecified atom stereocenters. The summed E-state index contributed by atoms with van der Waals surface area (Å²) < 4.78 is 4.86. The molecule has 0 radical (unpaired) electrons. The summed E-state index contributed by atoms with van der Waals surface area (Å²) in [5, 5.41) is 3.50. The Balaban J connectivity index is 0.00000338. The van der Waals surface area contributed by atoms with Gasteiger partial charge in [0.2, 0.25) is 0 Å². The maximum atomic E-state index is 11.7. The average molecular weight is 474 g/mol. The number of hydrogen-bond donors (Lipinski definition) is 1. The van der Waals surface area contributed by atoms with E-state index in [0.29, 0.717) is 0 Å². The van der Waals surface area contributed by atoms with Gasteiger partial charge < -0.3 is 19.9 Å². The fraction of sp³-hybridized carbons (Fsp3) is 0.579. The number of hydrogen-bond acceptors (Lipinski definition) is 4. The first-order chi connectivity index (χ1) is 12.1. The van der Waals surface area contributed by atoms with Crippen LogP contribution >= 0.6 is 24.0 Å². The highest BCUT2D eigenvalue weighted by molar-refractivity contribution is 14.0. The second kappa shape index (κ2) is 11.4. The lowest BCUT2D eigenvalue weighted by molar-refractivity contribution is -0.146. The maximum Gasteiger partial charge on any atom is 0.308 e. The van der Waals surface area contributed by atoms with E-state index in [-0.39, 0.29) is 41.9 Å². The number of nitrogens with zero attached hydrogens (tertiary/aromatic N) is 3. The summed E-state index contributed by atoms with van der Waals surface area (Å²) in [5.41, 5.74) is 1.28. The third-order valence-electron chi connectivity index (χ3n) is 4.80. The molecule has 0 spiro atoms. The van der Waals surface area contributed by atoms with Crippen LogP contribution < -0.4 is 5.32 Å². The molecule has 1 N–H and O–H groups in total. The molecule has 0 saturated carbocycles. The van der Waals surface area contributed by atoms with Gasteiger partial charge in [-0.1, -0.05) is 30.3 Å². The molecule has 1 heterocycles. The van der Waals surface area contributed by atoms with Crippen molar-refractivity contribution in [3.63, 3.8) is 0 Å². The van der Waals surface area contributed by atoms with E-state index >= 15 is 0 Å². The SMILES string of the molecule is CN=C(NCC(c1ccccc1)N(C)C)N1CCC(C(=O)OC)CC1.I. The first kappa shape index (κ1) is 22.7. The van der Waals surface area contributed by atoms with E-state index in [1.807, 2.05) is 13.1 Å². The number of piperidine rings is 1. The van der Waals surface area contributed by atoms with Crippen LogP contribution in [0.25, 0.3) is 0 Å². The summed E-state index contributed by atoms with van der Waals surface area (Å²) in [4.78, 5) is 20.5. The summed E-state index contributed by atoms with van der Waals surface area (Å²) in [6.45, 7) is 2.41. The Morgan fingerprint density at radius 1 is 1.31 bits per heavy atom. The highest BCUT2D eigenvalue weighted by atomic mass is 127. The fourth-order valence-electron chi connectivity index (χ4n) is 3.29. The van der Waals surface area contributed by atoms with Crippen molar-refractivity contribution in [2.24, 2.45) is 10.9 Å². The van der Waals surface area contributed by atoms with Crippen LogP contribution in [0.15, 0.2) is 35.3 Å². The molecule has 0 amide bonds. The van der Waals surface area contributed by atoms with Crippen molar-refractivity contribution in [1.82, 2.24) is 15.1 Å². The Labute approximate surface area is 174 Å². The number of rotatable bonds is 5. The highest BCUT2D eigenvalue weighted by Gasteiger charge is 2.27. The lowest BCUT2D eigenvalue weighted by atomic mass is 9.97. The molecular weight excluding hydrogens is 443 g/mol. The molecule has 26 heavy (non-hydrogen) atoms. The number of halogens is 1. The number of guanidine groups is 1. The van der Waals surface area contributed by atoms with Gasteiger partial charge in [-0.3, -0.25) is 9.79 Å². The lowest BCUT2D eigenvalue weighted by Gasteiger charge is -2.34. The molecule has 0 bridgehead atoms. The molecule has 1 aromatic carbocycles. The van der Waals surface area contributed by atoms with Gasteiger partial charge in [0.1, 0.15) is 0 Å². The molecule has 1 aliphatic heterocycles. The van der Waals surface area contributed by atoms with Gasteiger partial charge in [-0.25, -0.2) is 0 Å². The molecule has 7 heteroatoms. The zero-order valence-corrected chi connectivity index (χ0v) is 18.5. The average Bonchev–Trinajstić information content (AvgIpc) is 2.65. The Morgan fingerprint density at radius 2 is 1.92 bits per heavy atom. The minimum Gasteiger partial charge on any atom is -0.469 e. The van der Waals surface area contributed by atoms with Crippen molar-refractivity contribution in [2.45, 2.75) is 18.9 Å². The number of benzene rings is 1. The van der Waals surface area contributed by atoms with Crippen LogP contribution in [0, 0.1) is 5.92 Å². The predicted octanol–water partition coefficient (Wildman–Crippen LogP) is 2.37. The summed E-state index contributed by atoms with van der Waals surface area (Å²) in [7, 11) is 7.44. The summed E-state index contributed by atoms with van der Waals surface area (Å²) in [6.07, 6.45) is 1.62. The smallest absolute Gasteiger partial charge is 0.308 e. The van der Waals surface area contributed by atoms with Crippen molar-refractivity contribution in [2.75, 3.05) is 47.9 Å². The number of ether oxygens (including phenoxy) is 1. The van der Waals surface area contributed by atoms with Gasteiger partial charge in [-0.2, -0.15) is 0 Å². The van der Waals surface area contributed by atoms with Crippen molar-refractivity contribution in [1.29, 1.82) is 0 Å². The number of methoxy groups -OCH3 is 1. The number of carbonyl (C=O) groups excluding carboxylic acids is 1. The second-order valence-electron chi connectivity index (χ2n) is 6.60. The Hall–Kier alpha value is -1.35. The third kappa shape index (κ3) is 6.12. The van der Waals surface area contributed by atoms with E-state index < -0.39 is 0 Å². The zero-order chi connectivity index (χ0) is 18.2. The highest BCUT2D eigenvalue weighted by Crippen LogP contribution is 2.20.